The van der Waals surface area contributed by atoms with E-state index in [1.807, 2.05) is 4.90 Å². The topological polar surface area (TPSA) is 58.6 Å². The van der Waals surface area contributed by atoms with Crippen LogP contribution in [-0.4, -0.2) is 43.0 Å². The van der Waals surface area contributed by atoms with Crippen LogP contribution in [0.1, 0.15) is 49.7 Å². The second-order valence-electron chi connectivity index (χ2n) is 7.67. The molecule has 5 nitrogen and oxygen atoms in total. The Balaban J connectivity index is 1.74. The summed E-state index contributed by atoms with van der Waals surface area (Å²) in [5, 5.41) is 3.16. The van der Waals surface area contributed by atoms with Crippen LogP contribution in [0.2, 0.25) is 0 Å². The van der Waals surface area contributed by atoms with Crippen molar-refractivity contribution in [3.05, 3.63) is 35.4 Å². The van der Waals surface area contributed by atoms with Crippen LogP contribution < -0.4 is 5.32 Å². The van der Waals surface area contributed by atoms with E-state index in [1.165, 1.54) is 5.56 Å². The highest BCUT2D eigenvalue weighted by molar-refractivity contribution is 5.88. The molecule has 2 amide bonds. The average Bonchev–Trinajstić information content (AvgIpc) is 2.66. The van der Waals surface area contributed by atoms with Gasteiger partial charge in [0, 0.05) is 32.7 Å². The molecule has 26 heavy (non-hydrogen) atoms. The van der Waals surface area contributed by atoms with Crippen molar-refractivity contribution in [2.24, 2.45) is 5.41 Å². The predicted molar refractivity (Wildman–Crippen MR) is 101 cm³/mol. The SMILES string of the molecule is COCCN1C(=O)CC[C@]2(C(=O)NCc3ccc(C)cc3)CCCC[C@@H]12. The van der Waals surface area contributed by atoms with E-state index in [9.17, 15) is 9.59 Å². The summed E-state index contributed by atoms with van der Waals surface area (Å²) in [5.41, 5.74) is 1.88. The third kappa shape index (κ3) is 3.78. The molecule has 2 atom stereocenters. The number of methoxy groups -OCH3 is 1. The lowest BCUT2D eigenvalue weighted by molar-refractivity contribution is -0.156. The number of rotatable bonds is 6. The maximum atomic E-state index is 13.2. The van der Waals surface area contributed by atoms with Gasteiger partial charge in [-0.2, -0.15) is 0 Å². The molecule has 0 unspecified atom stereocenters. The van der Waals surface area contributed by atoms with Gasteiger partial charge in [0.25, 0.3) is 0 Å². The summed E-state index contributed by atoms with van der Waals surface area (Å²) in [6.45, 7) is 3.69. The van der Waals surface area contributed by atoms with Crippen LogP contribution in [0.25, 0.3) is 0 Å². The van der Waals surface area contributed by atoms with Crippen LogP contribution in [0, 0.1) is 12.3 Å². The maximum absolute atomic E-state index is 13.2. The zero-order chi connectivity index (χ0) is 18.6. The quantitative estimate of drug-likeness (QED) is 0.851. The van der Waals surface area contributed by atoms with Crippen LogP contribution in [-0.2, 0) is 20.9 Å². The summed E-state index contributed by atoms with van der Waals surface area (Å²) in [6.07, 6.45) is 5.04. The molecule has 1 saturated heterocycles. The van der Waals surface area contributed by atoms with Crippen molar-refractivity contribution in [2.45, 2.75) is 58.0 Å². The van der Waals surface area contributed by atoms with E-state index in [4.69, 9.17) is 4.74 Å². The lowest BCUT2D eigenvalue weighted by atomic mass is 9.64. The van der Waals surface area contributed by atoms with Crippen LogP contribution in [0.4, 0.5) is 0 Å². The standard InChI is InChI=1S/C21H30N2O3/c1-16-6-8-17(9-7-16)15-22-20(25)21-11-4-3-5-18(21)23(13-14-26-2)19(24)10-12-21/h6-9,18H,3-5,10-15H2,1-2H3,(H,22,25)/t18-,21-/m1/s1. The Morgan fingerprint density at radius 1 is 1.27 bits per heavy atom. The molecule has 142 valence electrons. The van der Waals surface area contributed by atoms with Crippen molar-refractivity contribution in [2.75, 3.05) is 20.3 Å². The number of hydrogen-bond donors (Lipinski definition) is 1. The van der Waals surface area contributed by atoms with Gasteiger partial charge in [-0.05, 0) is 31.7 Å². The molecule has 2 fully saturated rings. The first-order chi connectivity index (χ1) is 12.6. The minimum absolute atomic E-state index is 0.00525. The smallest absolute Gasteiger partial charge is 0.228 e. The lowest BCUT2D eigenvalue weighted by Crippen LogP contribution is -2.62. The molecular weight excluding hydrogens is 328 g/mol. The van der Waals surface area contributed by atoms with E-state index in [-0.39, 0.29) is 17.9 Å². The third-order valence-corrected chi connectivity index (χ3v) is 6.03. The summed E-state index contributed by atoms with van der Waals surface area (Å²) < 4.78 is 5.19. The van der Waals surface area contributed by atoms with Gasteiger partial charge in [-0.1, -0.05) is 42.7 Å². The Morgan fingerprint density at radius 2 is 2.04 bits per heavy atom. The van der Waals surface area contributed by atoms with E-state index in [1.54, 1.807) is 7.11 Å². The molecule has 1 aromatic carbocycles. The molecular formula is C21H30N2O3. The second-order valence-corrected chi connectivity index (χ2v) is 7.67. The van der Waals surface area contributed by atoms with Crippen molar-refractivity contribution in [1.82, 2.24) is 10.2 Å². The van der Waals surface area contributed by atoms with E-state index in [0.717, 1.165) is 31.2 Å². The van der Waals surface area contributed by atoms with Crippen molar-refractivity contribution < 1.29 is 14.3 Å². The highest BCUT2D eigenvalue weighted by Gasteiger charge is 2.52. The van der Waals surface area contributed by atoms with Gasteiger partial charge < -0.3 is 15.0 Å². The molecule has 0 bridgehead atoms. The van der Waals surface area contributed by atoms with E-state index >= 15 is 0 Å². The Kier molecular flexibility index (Phi) is 5.97. The zero-order valence-electron chi connectivity index (χ0n) is 15.9. The van der Waals surface area contributed by atoms with Gasteiger partial charge in [-0.3, -0.25) is 9.59 Å². The number of nitrogens with zero attached hydrogens (tertiary/aromatic N) is 1. The number of nitrogens with one attached hydrogen (secondary N) is 1. The Labute approximate surface area is 156 Å². The molecule has 1 heterocycles. The van der Waals surface area contributed by atoms with Crippen molar-refractivity contribution in [3.8, 4) is 0 Å². The first kappa shape index (κ1) is 18.9. The first-order valence-corrected chi connectivity index (χ1v) is 9.69. The molecule has 0 aromatic heterocycles. The van der Waals surface area contributed by atoms with Gasteiger partial charge in [-0.25, -0.2) is 0 Å². The summed E-state index contributed by atoms with van der Waals surface area (Å²) in [6, 6.07) is 8.25. The molecule has 1 saturated carbocycles. The number of likely N-dealkylation sites (tertiary alicyclic amines) is 1. The largest absolute Gasteiger partial charge is 0.383 e. The second kappa shape index (κ2) is 8.21. The summed E-state index contributed by atoms with van der Waals surface area (Å²) in [5.74, 6) is 0.272. The van der Waals surface area contributed by atoms with Crippen molar-refractivity contribution in [1.29, 1.82) is 0 Å². The van der Waals surface area contributed by atoms with E-state index in [2.05, 4.69) is 36.5 Å². The number of carbonyl (C=O) groups is 2. The van der Waals surface area contributed by atoms with Gasteiger partial charge in [-0.15, -0.1) is 0 Å². The Morgan fingerprint density at radius 3 is 2.77 bits per heavy atom. The van der Waals surface area contributed by atoms with Crippen LogP contribution in [0.5, 0.6) is 0 Å². The average molecular weight is 358 g/mol. The zero-order valence-corrected chi connectivity index (χ0v) is 15.9. The number of carbonyl (C=O) groups excluding carboxylic acids is 2. The number of fused-ring (bicyclic) bond motifs is 1. The van der Waals surface area contributed by atoms with Crippen LogP contribution in [0.15, 0.2) is 24.3 Å². The Hall–Kier alpha value is -1.88. The van der Waals surface area contributed by atoms with Gasteiger partial charge in [0.05, 0.1) is 12.0 Å². The minimum Gasteiger partial charge on any atom is -0.383 e. The first-order valence-electron chi connectivity index (χ1n) is 9.69. The van der Waals surface area contributed by atoms with E-state index in [0.29, 0.717) is 32.5 Å². The molecule has 1 N–H and O–H groups in total. The summed E-state index contributed by atoms with van der Waals surface area (Å²) >= 11 is 0. The minimum atomic E-state index is -0.440. The predicted octanol–water partition coefficient (Wildman–Crippen LogP) is 2.81. The van der Waals surface area contributed by atoms with Gasteiger partial charge >= 0.3 is 0 Å². The van der Waals surface area contributed by atoms with Crippen LogP contribution >= 0.6 is 0 Å². The molecule has 2 aliphatic rings. The van der Waals surface area contributed by atoms with E-state index < -0.39 is 5.41 Å². The fourth-order valence-electron chi connectivity index (χ4n) is 4.53. The number of ether oxygens (including phenoxy) is 1. The highest BCUT2D eigenvalue weighted by atomic mass is 16.5. The molecule has 5 heteroatoms. The normalized spacial score (nSPS) is 25.7. The van der Waals surface area contributed by atoms with Crippen LogP contribution in [0.3, 0.4) is 0 Å². The fourth-order valence-corrected chi connectivity index (χ4v) is 4.53. The third-order valence-electron chi connectivity index (χ3n) is 6.03. The fraction of sp³-hybridized carbons (Fsp3) is 0.619. The van der Waals surface area contributed by atoms with Crippen molar-refractivity contribution >= 4 is 11.8 Å². The summed E-state index contributed by atoms with van der Waals surface area (Å²) in [4.78, 5) is 27.6. The number of amides is 2. The number of hydrogen-bond acceptors (Lipinski definition) is 3. The summed E-state index contributed by atoms with van der Waals surface area (Å²) in [7, 11) is 1.65. The number of benzene rings is 1. The molecule has 1 aromatic rings. The maximum Gasteiger partial charge on any atom is 0.228 e. The Bertz CT molecular complexity index is 643. The monoisotopic (exact) mass is 358 g/mol. The highest BCUT2D eigenvalue weighted by Crippen LogP contribution is 2.46. The number of aryl methyl sites for hydroxylation is 1. The van der Waals surface area contributed by atoms with Gasteiger partial charge in [0.2, 0.25) is 11.8 Å². The van der Waals surface area contributed by atoms with Gasteiger partial charge in [0.15, 0.2) is 0 Å². The molecule has 1 aliphatic heterocycles. The molecule has 0 radical (unpaired) electrons. The van der Waals surface area contributed by atoms with Crippen molar-refractivity contribution in [3.63, 3.8) is 0 Å². The molecule has 1 aliphatic carbocycles. The lowest BCUT2D eigenvalue weighted by Gasteiger charge is -2.51. The van der Waals surface area contributed by atoms with Gasteiger partial charge in [0.1, 0.15) is 0 Å². The molecule has 3 rings (SSSR count). The molecule has 0 spiro atoms. The number of piperidine rings is 1.